The van der Waals surface area contributed by atoms with E-state index in [2.05, 4.69) is 19.8 Å². The maximum atomic E-state index is 13.2. The van der Waals surface area contributed by atoms with Gasteiger partial charge in [-0.1, -0.05) is 0 Å². The molecule has 0 amide bonds. The Kier molecular flexibility index (Phi) is 6.45. The zero-order valence-electron chi connectivity index (χ0n) is 16.4. The molecule has 2 aromatic heterocycles. The first-order valence-electron chi connectivity index (χ1n) is 8.79. The minimum Gasteiger partial charge on any atom is -0.492 e. The molecule has 166 valence electrons. The van der Waals surface area contributed by atoms with E-state index in [4.69, 9.17) is 9.47 Å². The predicted molar refractivity (Wildman–Crippen MR) is 104 cm³/mol. The van der Waals surface area contributed by atoms with Gasteiger partial charge in [-0.05, 0) is 30.3 Å². The van der Waals surface area contributed by atoms with Crippen molar-refractivity contribution in [1.82, 2.24) is 24.5 Å². The molecular formula is C18H18F3N5O4S. The fourth-order valence-corrected chi connectivity index (χ4v) is 2.97. The van der Waals surface area contributed by atoms with Crippen LogP contribution in [0.4, 0.5) is 13.2 Å². The van der Waals surface area contributed by atoms with E-state index in [1.807, 2.05) is 0 Å². The molecule has 1 N–H and O–H groups in total. The number of methoxy groups -OCH3 is 1. The maximum absolute atomic E-state index is 13.2. The Morgan fingerprint density at radius 1 is 1.13 bits per heavy atom. The van der Waals surface area contributed by atoms with Crippen LogP contribution in [-0.4, -0.2) is 54.7 Å². The third-order valence-corrected chi connectivity index (χ3v) is 4.61. The van der Waals surface area contributed by atoms with Crippen LogP contribution in [0.1, 0.15) is 5.82 Å². The van der Waals surface area contributed by atoms with Crippen LogP contribution in [0.5, 0.6) is 11.6 Å². The lowest BCUT2D eigenvalue weighted by atomic mass is 10.2. The molecule has 2 heterocycles. The molecule has 0 radical (unpaired) electrons. The van der Waals surface area contributed by atoms with Gasteiger partial charge in [-0.15, -0.1) is 5.10 Å². The second-order valence-electron chi connectivity index (χ2n) is 6.27. The van der Waals surface area contributed by atoms with E-state index in [1.54, 1.807) is 0 Å². The summed E-state index contributed by atoms with van der Waals surface area (Å²) in [4.78, 5) is 7.65. The van der Waals surface area contributed by atoms with Crippen LogP contribution in [-0.2, 0) is 16.2 Å². The van der Waals surface area contributed by atoms with E-state index in [0.29, 0.717) is 17.2 Å². The van der Waals surface area contributed by atoms with E-state index in [9.17, 15) is 21.6 Å². The summed E-state index contributed by atoms with van der Waals surface area (Å²) < 4.78 is 75.4. The summed E-state index contributed by atoms with van der Waals surface area (Å²) in [6.07, 6.45) is -2.37. The van der Waals surface area contributed by atoms with Crippen LogP contribution < -0.4 is 14.2 Å². The van der Waals surface area contributed by atoms with Crippen molar-refractivity contribution in [3.63, 3.8) is 0 Å². The van der Waals surface area contributed by atoms with Gasteiger partial charge >= 0.3 is 6.18 Å². The number of benzene rings is 1. The highest BCUT2D eigenvalue weighted by atomic mass is 32.2. The molecule has 0 aliphatic heterocycles. The second-order valence-corrected chi connectivity index (χ2v) is 8.10. The van der Waals surface area contributed by atoms with Gasteiger partial charge in [0.15, 0.2) is 5.82 Å². The summed E-state index contributed by atoms with van der Waals surface area (Å²) in [6, 6.07) is 9.13. The molecule has 0 fully saturated rings. The Morgan fingerprint density at radius 2 is 1.84 bits per heavy atom. The van der Waals surface area contributed by atoms with E-state index < -0.39 is 22.0 Å². The molecule has 0 unspecified atom stereocenters. The fraction of sp³-hybridized carbons (Fsp3) is 0.278. The van der Waals surface area contributed by atoms with Gasteiger partial charge in [0.1, 0.15) is 12.4 Å². The zero-order valence-corrected chi connectivity index (χ0v) is 17.2. The van der Waals surface area contributed by atoms with Gasteiger partial charge in [0.05, 0.1) is 25.2 Å². The SMILES string of the molecule is COc1ccc(-n2nc(C(F)(F)F)nc2-c2ccc(OCCNS(C)(=O)=O)cc2)cn1. The van der Waals surface area contributed by atoms with Crippen molar-refractivity contribution < 1.29 is 31.1 Å². The monoisotopic (exact) mass is 457 g/mol. The number of pyridine rings is 1. The molecule has 13 heteroatoms. The van der Waals surface area contributed by atoms with E-state index in [-0.39, 0.29) is 24.7 Å². The van der Waals surface area contributed by atoms with Crippen LogP contribution in [0.2, 0.25) is 0 Å². The Bertz CT molecular complexity index is 1130. The molecule has 0 aliphatic rings. The van der Waals surface area contributed by atoms with Gasteiger partial charge in [0.25, 0.3) is 5.82 Å². The topological polar surface area (TPSA) is 108 Å². The minimum absolute atomic E-state index is 0.0374. The molecule has 31 heavy (non-hydrogen) atoms. The molecule has 0 saturated heterocycles. The van der Waals surface area contributed by atoms with Gasteiger partial charge in [0, 0.05) is 18.2 Å². The molecule has 1 aromatic carbocycles. The van der Waals surface area contributed by atoms with Crippen molar-refractivity contribution in [3.8, 4) is 28.7 Å². The number of halogens is 3. The fourth-order valence-electron chi connectivity index (χ4n) is 2.51. The first-order chi connectivity index (χ1) is 14.6. The molecule has 9 nitrogen and oxygen atoms in total. The lowest BCUT2D eigenvalue weighted by Crippen LogP contribution is -2.26. The smallest absolute Gasteiger partial charge is 0.453 e. The molecule has 3 aromatic rings. The molecule has 3 rings (SSSR count). The van der Waals surface area contributed by atoms with Crippen LogP contribution >= 0.6 is 0 Å². The third kappa shape index (κ3) is 5.92. The summed E-state index contributed by atoms with van der Waals surface area (Å²) in [7, 11) is -1.90. The van der Waals surface area contributed by atoms with Crippen molar-refractivity contribution >= 4 is 10.0 Å². The van der Waals surface area contributed by atoms with E-state index in [1.165, 1.54) is 49.7 Å². The van der Waals surface area contributed by atoms with Crippen molar-refractivity contribution in [3.05, 3.63) is 48.4 Å². The summed E-state index contributed by atoms with van der Waals surface area (Å²) in [5.41, 5.74) is 0.631. The van der Waals surface area contributed by atoms with Gasteiger partial charge in [-0.2, -0.15) is 13.2 Å². The highest BCUT2D eigenvalue weighted by Gasteiger charge is 2.37. The van der Waals surface area contributed by atoms with Gasteiger partial charge in [0.2, 0.25) is 15.9 Å². The maximum Gasteiger partial charge on any atom is 0.453 e. The number of nitrogens with zero attached hydrogens (tertiary/aromatic N) is 4. The highest BCUT2D eigenvalue weighted by Crippen LogP contribution is 2.31. The van der Waals surface area contributed by atoms with Crippen LogP contribution in [0.15, 0.2) is 42.6 Å². The Balaban J connectivity index is 1.86. The average Bonchev–Trinajstić information content (AvgIpc) is 3.17. The van der Waals surface area contributed by atoms with Crippen molar-refractivity contribution in [1.29, 1.82) is 0 Å². The van der Waals surface area contributed by atoms with Crippen molar-refractivity contribution in [2.75, 3.05) is 26.5 Å². The van der Waals surface area contributed by atoms with E-state index in [0.717, 1.165) is 10.9 Å². The number of aromatic nitrogens is 4. The predicted octanol–water partition coefficient (Wildman–Crippen LogP) is 2.28. The summed E-state index contributed by atoms with van der Waals surface area (Å²) >= 11 is 0. The Morgan fingerprint density at radius 3 is 2.39 bits per heavy atom. The summed E-state index contributed by atoms with van der Waals surface area (Å²) in [5, 5.41) is 3.59. The number of rotatable bonds is 8. The van der Waals surface area contributed by atoms with Gasteiger partial charge < -0.3 is 9.47 Å². The van der Waals surface area contributed by atoms with Crippen LogP contribution in [0.25, 0.3) is 17.1 Å². The largest absolute Gasteiger partial charge is 0.492 e. The quantitative estimate of drug-likeness (QED) is 0.517. The first-order valence-corrected chi connectivity index (χ1v) is 10.7. The number of ether oxygens (including phenoxy) is 2. The lowest BCUT2D eigenvalue weighted by molar-refractivity contribution is -0.144. The normalized spacial score (nSPS) is 12.0. The average molecular weight is 457 g/mol. The number of sulfonamides is 1. The standard InChI is InChI=1S/C18H18F3N5O4S/c1-29-15-8-5-13(11-22-15)26-16(24-17(25-26)18(19,20)21)12-3-6-14(7-4-12)30-10-9-23-31(2,27)28/h3-8,11,23H,9-10H2,1-2H3. The number of alkyl halides is 3. The Labute approximate surface area is 175 Å². The summed E-state index contributed by atoms with van der Waals surface area (Å²) in [5.74, 6) is -0.615. The number of hydrogen-bond acceptors (Lipinski definition) is 7. The molecule has 0 saturated carbocycles. The van der Waals surface area contributed by atoms with Crippen LogP contribution in [0, 0.1) is 0 Å². The first kappa shape index (κ1) is 22.5. The Hall–Kier alpha value is -3.19. The van der Waals surface area contributed by atoms with Crippen molar-refractivity contribution in [2.45, 2.75) is 6.18 Å². The highest BCUT2D eigenvalue weighted by molar-refractivity contribution is 7.88. The molecule has 0 bridgehead atoms. The third-order valence-electron chi connectivity index (χ3n) is 3.88. The molecule has 0 spiro atoms. The number of nitrogens with one attached hydrogen (secondary N) is 1. The van der Waals surface area contributed by atoms with E-state index >= 15 is 0 Å². The number of hydrogen-bond donors (Lipinski definition) is 1. The minimum atomic E-state index is -4.73. The molecule has 0 atom stereocenters. The van der Waals surface area contributed by atoms with Crippen molar-refractivity contribution in [2.24, 2.45) is 0 Å². The zero-order chi connectivity index (χ0) is 22.6. The van der Waals surface area contributed by atoms with Crippen LogP contribution in [0.3, 0.4) is 0 Å². The summed E-state index contributed by atoms with van der Waals surface area (Å²) in [6.45, 7) is 0.159. The van der Waals surface area contributed by atoms with Gasteiger partial charge in [-0.3, -0.25) is 0 Å². The van der Waals surface area contributed by atoms with Gasteiger partial charge in [-0.25, -0.2) is 27.8 Å². The molecular weight excluding hydrogens is 439 g/mol. The second kappa shape index (κ2) is 8.89. The molecule has 0 aliphatic carbocycles. The lowest BCUT2D eigenvalue weighted by Gasteiger charge is -2.09.